The molecule has 180 valence electrons. The van der Waals surface area contributed by atoms with Gasteiger partial charge in [0.25, 0.3) is 0 Å². The summed E-state index contributed by atoms with van der Waals surface area (Å²) in [5.41, 5.74) is 8.36. The van der Waals surface area contributed by atoms with Gasteiger partial charge in [0, 0.05) is 35.5 Å². The Morgan fingerprint density at radius 2 is 1.29 bits per heavy atom. The number of aryl methyl sites for hydroxylation is 4. The first kappa shape index (κ1) is 26.1. The summed E-state index contributed by atoms with van der Waals surface area (Å²) >= 11 is 11.5. The molecule has 5 heteroatoms. The lowest BCUT2D eigenvalue weighted by atomic mass is 9.96. The zero-order chi connectivity index (χ0) is 24.1. The van der Waals surface area contributed by atoms with E-state index in [0.717, 1.165) is 6.42 Å². The van der Waals surface area contributed by atoms with Gasteiger partial charge >= 0.3 is 0 Å². The molecule has 0 N–H and O–H groups in total. The molecule has 0 fully saturated rings. The van der Waals surface area contributed by atoms with E-state index >= 15 is 0 Å². The maximum absolute atomic E-state index is 3.92. The second kappa shape index (κ2) is 12.3. The summed E-state index contributed by atoms with van der Waals surface area (Å²) in [6, 6.07) is 9.48. The average molecular weight is 590 g/mol. The minimum atomic E-state index is 0.642. The van der Waals surface area contributed by atoms with Crippen molar-refractivity contribution >= 4 is 72.4 Å². The molecule has 1 unspecified atom stereocenters. The normalized spacial score (nSPS) is 12.3. The van der Waals surface area contributed by atoms with Crippen LogP contribution in [0.1, 0.15) is 80.8 Å². The van der Waals surface area contributed by atoms with Crippen LogP contribution in [0.2, 0.25) is 0 Å². The monoisotopic (exact) mass is 588 g/mol. The maximum Gasteiger partial charge on any atom is 0.0395 e. The molecule has 4 rings (SSSR count). The summed E-state index contributed by atoms with van der Waals surface area (Å²) in [7, 11) is 0. The lowest BCUT2D eigenvalue weighted by Gasteiger charge is -2.15. The standard InChI is InChI=1S/C29H33BrS4/c1-5-6-9-23(30)10-7-8-22-11-12-31-29(22)28(26-15-21(4)18-34-26)27(24-13-19(2)16-32-24)25-14-20(3)17-33-25/h11-18,23H,5-10H2,1-4H3. The highest BCUT2D eigenvalue weighted by Gasteiger charge is 2.22. The van der Waals surface area contributed by atoms with Gasteiger partial charge in [-0.05, 0) is 114 Å². The van der Waals surface area contributed by atoms with Gasteiger partial charge in [-0.3, -0.25) is 0 Å². The number of hydrogen-bond acceptors (Lipinski definition) is 4. The maximum atomic E-state index is 3.92. The third-order valence-corrected chi connectivity index (χ3v) is 11.1. The third-order valence-electron chi connectivity index (χ3n) is 5.99. The molecule has 34 heavy (non-hydrogen) atoms. The fourth-order valence-electron chi connectivity index (χ4n) is 4.24. The molecule has 0 aliphatic rings. The molecule has 0 aromatic carbocycles. The molecule has 0 aliphatic heterocycles. The summed E-state index contributed by atoms with van der Waals surface area (Å²) in [5, 5.41) is 9.16. The predicted molar refractivity (Wildman–Crippen MR) is 162 cm³/mol. The SMILES string of the molecule is CCCCC(Br)CCCc1ccsc1C(=C(c1cc(C)cs1)c1cc(C)cs1)c1cc(C)cs1. The fraction of sp³-hybridized carbons (Fsp3) is 0.379. The number of thiophene rings is 4. The van der Waals surface area contributed by atoms with E-state index in [1.807, 2.05) is 45.3 Å². The summed E-state index contributed by atoms with van der Waals surface area (Å²) < 4.78 is 0. The molecular formula is C29H33BrS4. The van der Waals surface area contributed by atoms with Gasteiger partial charge in [-0.25, -0.2) is 0 Å². The largest absolute Gasteiger partial charge is 0.143 e. The lowest BCUT2D eigenvalue weighted by molar-refractivity contribution is 0.628. The summed E-state index contributed by atoms with van der Waals surface area (Å²) in [5.74, 6) is 0. The molecule has 0 spiro atoms. The smallest absolute Gasteiger partial charge is 0.0395 e. The number of rotatable bonds is 11. The van der Waals surface area contributed by atoms with Crippen molar-refractivity contribution in [1.82, 2.24) is 0 Å². The second-order valence-electron chi connectivity index (χ2n) is 9.12. The minimum Gasteiger partial charge on any atom is -0.143 e. The molecule has 1 atom stereocenters. The first-order valence-corrected chi connectivity index (χ1v) is 16.5. The van der Waals surface area contributed by atoms with Crippen molar-refractivity contribution in [2.45, 2.75) is 71.0 Å². The Hall–Kier alpha value is -0.980. The topological polar surface area (TPSA) is 0 Å². The van der Waals surface area contributed by atoms with Gasteiger partial charge in [0.05, 0.1) is 0 Å². The molecule has 4 heterocycles. The first-order chi connectivity index (χ1) is 16.5. The van der Waals surface area contributed by atoms with Gasteiger partial charge in [0.15, 0.2) is 0 Å². The molecule has 4 aromatic heterocycles. The van der Waals surface area contributed by atoms with E-state index in [-0.39, 0.29) is 0 Å². The van der Waals surface area contributed by atoms with E-state index in [2.05, 4.69) is 89.4 Å². The molecule has 0 bridgehead atoms. The van der Waals surface area contributed by atoms with Gasteiger partial charge < -0.3 is 0 Å². The number of halogens is 1. The van der Waals surface area contributed by atoms with Crippen LogP contribution in [0, 0.1) is 20.8 Å². The Bertz CT molecular complexity index is 1190. The highest BCUT2D eigenvalue weighted by Crippen LogP contribution is 2.45. The van der Waals surface area contributed by atoms with Crippen LogP contribution < -0.4 is 0 Å². The number of hydrogen-bond donors (Lipinski definition) is 0. The average Bonchev–Trinajstić information content (AvgIpc) is 3.60. The Morgan fingerprint density at radius 3 is 1.79 bits per heavy atom. The van der Waals surface area contributed by atoms with E-state index in [1.54, 1.807) is 0 Å². The molecular weight excluding hydrogens is 556 g/mol. The zero-order valence-corrected chi connectivity index (χ0v) is 25.3. The summed E-state index contributed by atoms with van der Waals surface area (Å²) in [6.07, 6.45) is 7.49. The van der Waals surface area contributed by atoms with Gasteiger partial charge in [0.2, 0.25) is 0 Å². The Morgan fingerprint density at radius 1 is 0.765 bits per heavy atom. The van der Waals surface area contributed by atoms with Crippen molar-refractivity contribution in [2.75, 3.05) is 0 Å². The Balaban J connectivity index is 1.79. The van der Waals surface area contributed by atoms with Crippen molar-refractivity contribution in [2.24, 2.45) is 0 Å². The van der Waals surface area contributed by atoms with Gasteiger partial charge in [-0.1, -0.05) is 35.7 Å². The summed E-state index contributed by atoms with van der Waals surface area (Å²) in [6.45, 7) is 8.90. The van der Waals surface area contributed by atoms with Crippen LogP contribution in [-0.4, -0.2) is 4.83 Å². The number of unbranched alkanes of at least 4 members (excludes halogenated alkanes) is 1. The van der Waals surface area contributed by atoms with Gasteiger partial charge in [0.1, 0.15) is 0 Å². The van der Waals surface area contributed by atoms with Crippen LogP contribution in [-0.2, 0) is 6.42 Å². The van der Waals surface area contributed by atoms with Crippen molar-refractivity contribution in [3.63, 3.8) is 0 Å². The first-order valence-electron chi connectivity index (χ1n) is 12.1. The third kappa shape index (κ3) is 6.41. The van der Waals surface area contributed by atoms with E-state index in [1.165, 1.54) is 85.0 Å². The van der Waals surface area contributed by atoms with Gasteiger partial charge in [-0.2, -0.15) is 0 Å². The summed E-state index contributed by atoms with van der Waals surface area (Å²) in [4.78, 5) is 6.23. The van der Waals surface area contributed by atoms with Crippen molar-refractivity contribution in [3.05, 3.63) is 87.5 Å². The van der Waals surface area contributed by atoms with E-state index in [4.69, 9.17) is 0 Å². The van der Waals surface area contributed by atoms with Crippen molar-refractivity contribution < 1.29 is 0 Å². The van der Waals surface area contributed by atoms with Gasteiger partial charge in [-0.15, -0.1) is 45.3 Å². The highest BCUT2D eigenvalue weighted by molar-refractivity contribution is 9.09. The fourth-order valence-corrected chi connectivity index (χ4v) is 8.92. The molecule has 0 saturated carbocycles. The molecule has 0 amide bonds. The molecule has 0 aliphatic carbocycles. The molecule has 0 saturated heterocycles. The Kier molecular flexibility index (Phi) is 9.45. The van der Waals surface area contributed by atoms with E-state index < -0.39 is 0 Å². The Labute approximate surface area is 229 Å². The molecule has 0 radical (unpaired) electrons. The minimum absolute atomic E-state index is 0.642. The van der Waals surface area contributed by atoms with E-state index in [9.17, 15) is 0 Å². The molecule has 4 aromatic rings. The highest BCUT2D eigenvalue weighted by atomic mass is 79.9. The number of alkyl halides is 1. The quantitative estimate of drug-likeness (QED) is 0.153. The zero-order valence-electron chi connectivity index (χ0n) is 20.4. The van der Waals surface area contributed by atoms with Crippen LogP contribution in [0.4, 0.5) is 0 Å². The van der Waals surface area contributed by atoms with Crippen molar-refractivity contribution in [3.8, 4) is 0 Å². The van der Waals surface area contributed by atoms with Crippen LogP contribution in [0.3, 0.4) is 0 Å². The van der Waals surface area contributed by atoms with Crippen LogP contribution in [0.15, 0.2) is 45.8 Å². The second-order valence-corrected chi connectivity index (χ2v) is 14.1. The molecule has 0 nitrogen and oxygen atoms in total. The van der Waals surface area contributed by atoms with E-state index in [0.29, 0.717) is 4.83 Å². The predicted octanol–water partition coefficient (Wildman–Crippen LogP) is 11.1. The van der Waals surface area contributed by atoms with Crippen LogP contribution in [0.25, 0.3) is 11.1 Å². The van der Waals surface area contributed by atoms with Crippen molar-refractivity contribution in [1.29, 1.82) is 0 Å². The van der Waals surface area contributed by atoms with Crippen LogP contribution in [0.5, 0.6) is 0 Å². The lowest BCUT2D eigenvalue weighted by Crippen LogP contribution is -2.00. The van der Waals surface area contributed by atoms with Crippen LogP contribution >= 0.6 is 61.3 Å².